The zero-order chi connectivity index (χ0) is 26.4. The number of nitrogens with zero attached hydrogens (tertiary/aromatic N) is 2. The van der Waals surface area contributed by atoms with E-state index < -0.39 is 23.9 Å². The van der Waals surface area contributed by atoms with E-state index in [0.29, 0.717) is 37.7 Å². The van der Waals surface area contributed by atoms with Gasteiger partial charge in [-0.05, 0) is 13.8 Å². The predicted octanol–water partition coefficient (Wildman–Crippen LogP) is 0.334. The van der Waals surface area contributed by atoms with Crippen LogP contribution in [0.25, 0.3) is 0 Å². The summed E-state index contributed by atoms with van der Waals surface area (Å²) in [5.41, 5.74) is 0.570. The number of carboxylic acid groups (broad SMARTS) is 2. The molecule has 0 aromatic rings. The van der Waals surface area contributed by atoms with Crippen molar-refractivity contribution in [3.05, 3.63) is 24.3 Å². The van der Waals surface area contributed by atoms with Crippen molar-refractivity contribution in [3.8, 4) is 0 Å². The summed E-state index contributed by atoms with van der Waals surface area (Å²) in [6, 6.07) is 0. The highest BCUT2D eigenvalue weighted by molar-refractivity contribution is 8.76. The number of carbonyl (C=O) groups is 4. The topological polar surface area (TPSA) is 130 Å². The summed E-state index contributed by atoms with van der Waals surface area (Å²) in [7, 11) is 6.68. The van der Waals surface area contributed by atoms with Crippen molar-refractivity contribution in [2.24, 2.45) is 0 Å². The lowest BCUT2D eigenvalue weighted by Crippen LogP contribution is -2.54. The molecule has 0 bridgehead atoms. The lowest BCUT2D eigenvalue weighted by molar-refractivity contribution is -0.901. The van der Waals surface area contributed by atoms with Gasteiger partial charge in [-0.2, -0.15) is 0 Å². The van der Waals surface area contributed by atoms with Gasteiger partial charge in [0.1, 0.15) is 32.8 Å². The number of aliphatic carboxylic acids is 2. The second kappa shape index (κ2) is 15.8. The van der Waals surface area contributed by atoms with Crippen molar-refractivity contribution in [1.82, 2.24) is 0 Å². The smallest absolute Gasteiger partial charge is 0.359 e. The Hall–Kier alpha value is -2.02. The van der Waals surface area contributed by atoms with E-state index in [2.05, 4.69) is 13.2 Å². The van der Waals surface area contributed by atoms with E-state index in [1.54, 1.807) is 49.5 Å². The molecular weight excluding hydrogens is 484 g/mol. The van der Waals surface area contributed by atoms with Gasteiger partial charge in [0.2, 0.25) is 0 Å². The van der Waals surface area contributed by atoms with Crippen molar-refractivity contribution in [2.75, 3.05) is 78.1 Å². The molecule has 10 nitrogen and oxygen atoms in total. The van der Waals surface area contributed by atoms with Gasteiger partial charge in [-0.1, -0.05) is 34.7 Å². The van der Waals surface area contributed by atoms with Gasteiger partial charge in [0.25, 0.3) is 0 Å². The van der Waals surface area contributed by atoms with E-state index in [4.69, 9.17) is 9.47 Å². The Kier molecular flexibility index (Phi) is 14.9. The molecule has 34 heavy (non-hydrogen) atoms. The maximum Gasteiger partial charge on any atom is 0.359 e. The summed E-state index contributed by atoms with van der Waals surface area (Å²) in [5.74, 6) is -1.83. The van der Waals surface area contributed by atoms with Crippen LogP contribution in [0.1, 0.15) is 13.8 Å². The maximum atomic E-state index is 11.5. The van der Waals surface area contributed by atoms with E-state index in [9.17, 15) is 29.4 Å². The monoisotopic (exact) mass is 521 g/mol. The van der Waals surface area contributed by atoms with Crippen LogP contribution in [0.4, 0.5) is 0 Å². The minimum absolute atomic E-state index is 0.0776. The van der Waals surface area contributed by atoms with Gasteiger partial charge in [-0.15, -0.1) is 0 Å². The number of likely N-dealkylation sites (N-methyl/N-ethyl adjacent to an activating group) is 2. The SMILES string of the molecule is C=C(C)C(=O)OCC[N+](C)(CCSSCC[N+](C)(CCOC(=O)C(=C)C)CC(=O)O)CC(=O)[O-]. The molecular formula is C22H37N2O8S2+. The zero-order valence-corrected chi connectivity index (χ0v) is 22.1. The predicted molar refractivity (Wildman–Crippen MR) is 131 cm³/mol. The van der Waals surface area contributed by atoms with E-state index in [0.717, 1.165) is 0 Å². The van der Waals surface area contributed by atoms with Crippen LogP contribution in [-0.4, -0.2) is 116 Å². The minimum atomic E-state index is -1.18. The standard InChI is InChI=1S/C22H36N2O8S2/c1-17(2)21(29)31-11-7-23(5,15-19(25)26)9-13-33-34-14-10-24(6,16-20(27)28)8-12-32-22(30)18(3)4/h1,3,7-16H2,2,4-6H3/p+1. The Bertz CT molecular complexity index is 699. The van der Waals surface area contributed by atoms with Crippen LogP contribution in [0.2, 0.25) is 0 Å². The molecule has 0 amide bonds. The molecule has 0 heterocycles. The molecule has 0 aliphatic rings. The van der Waals surface area contributed by atoms with Gasteiger partial charge in [0.15, 0.2) is 6.54 Å². The number of quaternary nitrogens is 2. The van der Waals surface area contributed by atoms with Gasteiger partial charge in [0.05, 0.1) is 44.7 Å². The molecule has 0 aromatic heterocycles. The number of ether oxygens (including phenoxy) is 2. The number of esters is 2. The van der Waals surface area contributed by atoms with Crippen molar-refractivity contribution in [3.63, 3.8) is 0 Å². The van der Waals surface area contributed by atoms with Crippen molar-refractivity contribution in [1.29, 1.82) is 0 Å². The average molecular weight is 522 g/mol. The van der Waals surface area contributed by atoms with Gasteiger partial charge < -0.3 is 33.4 Å². The second-order valence-corrected chi connectivity index (χ2v) is 11.4. The molecule has 0 saturated carbocycles. The summed E-state index contributed by atoms with van der Waals surface area (Å²) >= 11 is 0. The van der Waals surface area contributed by atoms with E-state index in [1.165, 1.54) is 0 Å². The number of rotatable bonds is 19. The van der Waals surface area contributed by atoms with Crippen molar-refractivity contribution < 1.29 is 47.8 Å². The van der Waals surface area contributed by atoms with Crippen LogP contribution >= 0.6 is 21.6 Å². The van der Waals surface area contributed by atoms with E-state index in [1.807, 2.05) is 0 Å². The zero-order valence-electron chi connectivity index (χ0n) is 20.5. The van der Waals surface area contributed by atoms with Crippen LogP contribution in [0, 0.1) is 0 Å². The average Bonchev–Trinajstić information content (AvgIpc) is 2.69. The largest absolute Gasteiger partial charge is 0.544 e. The van der Waals surface area contributed by atoms with Gasteiger partial charge >= 0.3 is 17.9 Å². The molecule has 0 spiro atoms. The lowest BCUT2D eigenvalue weighted by Gasteiger charge is -2.34. The first-order valence-corrected chi connectivity index (χ1v) is 13.2. The Labute approximate surface area is 209 Å². The fourth-order valence-corrected chi connectivity index (χ4v) is 5.20. The molecule has 0 radical (unpaired) electrons. The summed E-state index contributed by atoms with van der Waals surface area (Å²) < 4.78 is 10.6. The highest BCUT2D eigenvalue weighted by Crippen LogP contribution is 2.23. The van der Waals surface area contributed by atoms with Gasteiger partial charge in [-0.25, -0.2) is 14.4 Å². The summed E-state index contributed by atoms with van der Waals surface area (Å²) in [5, 5.41) is 20.4. The van der Waals surface area contributed by atoms with Crippen molar-refractivity contribution in [2.45, 2.75) is 13.8 Å². The number of hydrogen-bond donors (Lipinski definition) is 1. The van der Waals surface area contributed by atoms with Crippen molar-refractivity contribution >= 4 is 45.5 Å². The van der Waals surface area contributed by atoms with Crippen LogP contribution in [0.3, 0.4) is 0 Å². The van der Waals surface area contributed by atoms with Crippen LogP contribution in [0.15, 0.2) is 24.3 Å². The molecule has 194 valence electrons. The molecule has 0 fully saturated rings. The highest BCUT2D eigenvalue weighted by Gasteiger charge is 2.26. The summed E-state index contributed by atoms with van der Waals surface area (Å²) in [6.07, 6.45) is 0. The normalized spacial score (nSPS) is 14.4. The number of carboxylic acids is 2. The maximum absolute atomic E-state index is 11.5. The third kappa shape index (κ3) is 15.0. The van der Waals surface area contributed by atoms with Gasteiger partial charge in [-0.3, -0.25) is 0 Å². The Morgan fingerprint density at radius 2 is 1.18 bits per heavy atom. The molecule has 0 aromatic carbocycles. The second-order valence-electron chi connectivity index (χ2n) is 8.69. The Balaban J connectivity index is 4.56. The molecule has 1 N–H and O–H groups in total. The first kappa shape index (κ1) is 32.0. The fraction of sp³-hybridized carbons (Fsp3) is 0.636. The van der Waals surface area contributed by atoms with Crippen LogP contribution in [0.5, 0.6) is 0 Å². The highest BCUT2D eigenvalue weighted by atomic mass is 33.1. The Morgan fingerprint density at radius 1 is 0.794 bits per heavy atom. The van der Waals surface area contributed by atoms with E-state index in [-0.39, 0.29) is 46.4 Å². The minimum Gasteiger partial charge on any atom is -0.544 e. The molecule has 0 aliphatic carbocycles. The molecule has 2 atom stereocenters. The fourth-order valence-electron chi connectivity index (χ4n) is 2.78. The number of carbonyl (C=O) groups excluding carboxylic acids is 3. The van der Waals surface area contributed by atoms with Gasteiger partial charge in [0, 0.05) is 11.1 Å². The van der Waals surface area contributed by atoms with E-state index >= 15 is 0 Å². The third-order valence-corrected chi connectivity index (χ3v) is 7.33. The quantitative estimate of drug-likeness (QED) is 0.0834. The molecule has 2 unspecified atom stereocenters. The molecule has 0 saturated heterocycles. The lowest BCUT2D eigenvalue weighted by atomic mass is 10.3. The molecule has 0 aliphatic heterocycles. The first-order valence-electron chi connectivity index (χ1n) is 10.7. The first-order chi connectivity index (χ1) is 15.7. The summed E-state index contributed by atoms with van der Waals surface area (Å²) in [4.78, 5) is 45.5. The van der Waals surface area contributed by atoms with Crippen LogP contribution < -0.4 is 5.11 Å². The summed E-state index contributed by atoms with van der Waals surface area (Å²) in [6.45, 7) is 11.8. The third-order valence-electron chi connectivity index (χ3n) is 4.97. The Morgan fingerprint density at radius 3 is 1.50 bits per heavy atom. The molecule has 12 heteroatoms. The van der Waals surface area contributed by atoms with Crippen LogP contribution in [-0.2, 0) is 28.7 Å². The molecule has 0 rings (SSSR count). The number of hydrogen-bond acceptors (Lipinski definition) is 9.